The van der Waals surface area contributed by atoms with Crippen molar-refractivity contribution in [3.8, 4) is 17.2 Å². The SMILES string of the molecule is CCOc1c(OC)cc(CN2CCC(N)C(C)(C)C2)cc1OC.Cl. The van der Waals surface area contributed by atoms with Gasteiger partial charge in [0.2, 0.25) is 5.75 Å². The van der Waals surface area contributed by atoms with Gasteiger partial charge in [-0.3, -0.25) is 4.90 Å². The van der Waals surface area contributed by atoms with E-state index < -0.39 is 0 Å². The number of hydrogen-bond donors (Lipinski definition) is 1. The Morgan fingerprint density at radius 3 is 2.25 bits per heavy atom. The van der Waals surface area contributed by atoms with E-state index in [2.05, 4.69) is 18.7 Å². The lowest BCUT2D eigenvalue weighted by Crippen LogP contribution is -2.52. The van der Waals surface area contributed by atoms with Crippen LogP contribution in [-0.4, -0.2) is 44.9 Å². The highest BCUT2D eigenvalue weighted by atomic mass is 35.5. The Morgan fingerprint density at radius 2 is 1.79 bits per heavy atom. The van der Waals surface area contributed by atoms with Crippen LogP contribution in [-0.2, 0) is 6.54 Å². The van der Waals surface area contributed by atoms with Crippen molar-refractivity contribution in [2.45, 2.75) is 39.8 Å². The van der Waals surface area contributed by atoms with Crippen molar-refractivity contribution >= 4 is 12.4 Å². The number of nitrogens with two attached hydrogens (primary N) is 1. The molecule has 138 valence electrons. The molecule has 1 aliphatic rings. The van der Waals surface area contributed by atoms with Crippen LogP contribution in [0.2, 0.25) is 0 Å². The first-order chi connectivity index (χ1) is 10.9. The number of piperidine rings is 1. The highest BCUT2D eigenvalue weighted by Crippen LogP contribution is 2.39. The molecule has 24 heavy (non-hydrogen) atoms. The van der Waals surface area contributed by atoms with E-state index in [1.54, 1.807) is 14.2 Å². The summed E-state index contributed by atoms with van der Waals surface area (Å²) in [5.41, 5.74) is 7.53. The van der Waals surface area contributed by atoms with E-state index in [1.165, 1.54) is 0 Å². The Labute approximate surface area is 151 Å². The number of nitrogens with zero attached hydrogens (tertiary/aromatic N) is 1. The van der Waals surface area contributed by atoms with Crippen LogP contribution in [0.25, 0.3) is 0 Å². The van der Waals surface area contributed by atoms with Gasteiger partial charge in [-0.15, -0.1) is 12.4 Å². The lowest BCUT2D eigenvalue weighted by Gasteiger charge is -2.42. The molecule has 1 atom stereocenters. The van der Waals surface area contributed by atoms with Gasteiger partial charge < -0.3 is 19.9 Å². The molecule has 1 fully saturated rings. The Kier molecular flexibility index (Phi) is 7.64. The number of methoxy groups -OCH3 is 2. The van der Waals surface area contributed by atoms with Gasteiger partial charge in [0.15, 0.2) is 11.5 Å². The highest BCUT2D eigenvalue weighted by molar-refractivity contribution is 5.85. The normalized spacial score (nSPS) is 20.2. The van der Waals surface area contributed by atoms with Gasteiger partial charge in [-0.1, -0.05) is 13.8 Å². The van der Waals surface area contributed by atoms with Gasteiger partial charge in [0.1, 0.15) is 0 Å². The summed E-state index contributed by atoms with van der Waals surface area (Å²) in [4.78, 5) is 2.44. The molecule has 1 aromatic carbocycles. The van der Waals surface area contributed by atoms with E-state index in [9.17, 15) is 0 Å². The van der Waals surface area contributed by atoms with Gasteiger partial charge in [0, 0.05) is 25.7 Å². The number of likely N-dealkylation sites (tertiary alicyclic amines) is 1. The van der Waals surface area contributed by atoms with E-state index in [4.69, 9.17) is 19.9 Å². The number of ether oxygens (including phenoxy) is 3. The van der Waals surface area contributed by atoms with Crippen molar-refractivity contribution in [1.29, 1.82) is 0 Å². The van der Waals surface area contributed by atoms with Crippen molar-refractivity contribution in [3.63, 3.8) is 0 Å². The largest absolute Gasteiger partial charge is 0.493 e. The molecule has 1 aromatic rings. The maximum Gasteiger partial charge on any atom is 0.203 e. The van der Waals surface area contributed by atoms with E-state index in [0.29, 0.717) is 23.9 Å². The van der Waals surface area contributed by atoms with Gasteiger partial charge in [-0.05, 0) is 36.5 Å². The van der Waals surface area contributed by atoms with Gasteiger partial charge >= 0.3 is 0 Å². The molecule has 5 nitrogen and oxygen atoms in total. The summed E-state index contributed by atoms with van der Waals surface area (Å²) in [5, 5.41) is 0. The summed E-state index contributed by atoms with van der Waals surface area (Å²) in [6.45, 7) is 9.87. The van der Waals surface area contributed by atoms with Crippen LogP contribution in [0.3, 0.4) is 0 Å². The van der Waals surface area contributed by atoms with Crippen molar-refractivity contribution in [2.75, 3.05) is 33.9 Å². The zero-order valence-corrected chi connectivity index (χ0v) is 16.2. The first-order valence-electron chi connectivity index (χ1n) is 8.27. The molecule has 0 amide bonds. The number of halogens is 1. The molecule has 2 N–H and O–H groups in total. The topological polar surface area (TPSA) is 57.0 Å². The summed E-state index contributed by atoms with van der Waals surface area (Å²) in [5.74, 6) is 2.10. The third-order valence-electron chi connectivity index (χ3n) is 4.61. The van der Waals surface area contributed by atoms with Crippen LogP contribution >= 0.6 is 12.4 Å². The highest BCUT2D eigenvalue weighted by Gasteiger charge is 2.33. The predicted octanol–water partition coefficient (Wildman–Crippen LogP) is 3.08. The third-order valence-corrected chi connectivity index (χ3v) is 4.61. The zero-order chi connectivity index (χ0) is 17.0. The molecule has 6 heteroatoms. The van der Waals surface area contributed by atoms with Crippen molar-refractivity contribution < 1.29 is 14.2 Å². The first-order valence-corrected chi connectivity index (χ1v) is 8.27. The minimum Gasteiger partial charge on any atom is -0.493 e. The molecule has 1 unspecified atom stereocenters. The fourth-order valence-electron chi connectivity index (χ4n) is 3.19. The minimum atomic E-state index is 0. The zero-order valence-electron chi connectivity index (χ0n) is 15.4. The second-order valence-corrected chi connectivity index (χ2v) is 6.86. The number of rotatable bonds is 6. The maximum atomic E-state index is 6.23. The molecule has 1 saturated heterocycles. The van der Waals surface area contributed by atoms with Crippen LogP contribution in [0.15, 0.2) is 12.1 Å². The Balaban J connectivity index is 0.00000288. The molecule has 0 radical (unpaired) electrons. The molecule has 1 aliphatic heterocycles. The lowest BCUT2D eigenvalue weighted by atomic mass is 9.79. The fourth-order valence-corrected chi connectivity index (χ4v) is 3.19. The predicted molar refractivity (Wildman–Crippen MR) is 99.6 cm³/mol. The molecule has 0 saturated carbocycles. The first kappa shape index (κ1) is 20.9. The van der Waals surface area contributed by atoms with E-state index in [-0.39, 0.29) is 23.9 Å². The minimum absolute atomic E-state index is 0. The summed E-state index contributed by atoms with van der Waals surface area (Å²) in [6.07, 6.45) is 1.03. The number of hydrogen-bond acceptors (Lipinski definition) is 5. The van der Waals surface area contributed by atoms with Gasteiger partial charge in [0.05, 0.1) is 20.8 Å². The summed E-state index contributed by atoms with van der Waals surface area (Å²) < 4.78 is 16.6. The number of benzene rings is 1. The van der Waals surface area contributed by atoms with Crippen LogP contribution in [0.5, 0.6) is 17.2 Å². The van der Waals surface area contributed by atoms with Gasteiger partial charge in [-0.25, -0.2) is 0 Å². The molecule has 0 aromatic heterocycles. The molecule has 2 rings (SSSR count). The van der Waals surface area contributed by atoms with E-state index >= 15 is 0 Å². The van der Waals surface area contributed by atoms with Gasteiger partial charge in [0.25, 0.3) is 0 Å². The Bertz CT molecular complexity index is 512. The van der Waals surface area contributed by atoms with E-state index in [1.807, 2.05) is 19.1 Å². The van der Waals surface area contributed by atoms with Crippen LogP contribution in [0.1, 0.15) is 32.8 Å². The summed E-state index contributed by atoms with van der Waals surface area (Å²) in [6, 6.07) is 4.34. The monoisotopic (exact) mass is 358 g/mol. The van der Waals surface area contributed by atoms with Crippen LogP contribution in [0, 0.1) is 5.41 Å². The molecular weight excluding hydrogens is 328 g/mol. The van der Waals surface area contributed by atoms with Gasteiger partial charge in [-0.2, -0.15) is 0 Å². The van der Waals surface area contributed by atoms with Crippen LogP contribution in [0.4, 0.5) is 0 Å². The van der Waals surface area contributed by atoms with Crippen molar-refractivity contribution in [1.82, 2.24) is 4.90 Å². The quantitative estimate of drug-likeness (QED) is 0.846. The Hall–Kier alpha value is -1.17. The molecule has 1 heterocycles. The summed E-state index contributed by atoms with van der Waals surface area (Å²) in [7, 11) is 3.31. The fraction of sp³-hybridized carbons (Fsp3) is 0.667. The average molecular weight is 359 g/mol. The second-order valence-electron chi connectivity index (χ2n) is 6.86. The average Bonchev–Trinajstić information content (AvgIpc) is 2.51. The molecule has 0 bridgehead atoms. The van der Waals surface area contributed by atoms with Crippen molar-refractivity contribution in [3.05, 3.63) is 17.7 Å². The molecular formula is C18H31ClN2O3. The van der Waals surface area contributed by atoms with Crippen LogP contribution < -0.4 is 19.9 Å². The third kappa shape index (κ3) is 4.68. The Morgan fingerprint density at radius 1 is 1.21 bits per heavy atom. The van der Waals surface area contributed by atoms with E-state index in [0.717, 1.165) is 31.6 Å². The second kappa shape index (κ2) is 8.79. The lowest BCUT2D eigenvalue weighted by molar-refractivity contribution is 0.0897. The molecule has 0 spiro atoms. The maximum absolute atomic E-state index is 6.23. The van der Waals surface area contributed by atoms with Crippen molar-refractivity contribution in [2.24, 2.45) is 11.1 Å². The smallest absolute Gasteiger partial charge is 0.203 e. The summed E-state index contributed by atoms with van der Waals surface area (Å²) >= 11 is 0. The molecule has 0 aliphatic carbocycles. The standard InChI is InChI=1S/C18H30N2O3.ClH/c1-6-23-17-14(21-4)9-13(10-15(17)22-5)11-20-8-7-16(19)18(2,3)12-20;/h9-10,16H,6-8,11-12,19H2,1-5H3;1H.